The molecule has 136 valence electrons. The smallest absolute Gasteiger partial charge is 0.375 e. The number of benzene rings is 1. The molecule has 0 spiro atoms. The van der Waals surface area contributed by atoms with Crippen molar-refractivity contribution in [2.24, 2.45) is 0 Å². The number of esters is 1. The van der Waals surface area contributed by atoms with E-state index in [2.05, 4.69) is 11.9 Å². The van der Waals surface area contributed by atoms with Gasteiger partial charge in [-0.25, -0.2) is 4.79 Å². The average molecular weight is 379 g/mol. The summed E-state index contributed by atoms with van der Waals surface area (Å²) in [6.45, 7) is 5.15. The third-order valence-electron chi connectivity index (χ3n) is 3.31. The number of hydrogen-bond acceptors (Lipinski definition) is 6. The van der Waals surface area contributed by atoms with E-state index >= 15 is 0 Å². The standard InChI is InChI=1S/C17H15ClN2O6/c1-3-8-19-16(21)10(2)25-17(22)15-7-6-14(26-15)12-5-4-11(20(23)24)9-13(12)18/h3-7,9-10H,1,8H2,2H3,(H,19,21)/t10-/m1/s1. The fourth-order valence-electron chi connectivity index (χ4n) is 2.00. The molecule has 1 amide bonds. The summed E-state index contributed by atoms with van der Waals surface area (Å²) in [5, 5.41) is 13.3. The van der Waals surface area contributed by atoms with Gasteiger partial charge in [0.1, 0.15) is 5.76 Å². The van der Waals surface area contributed by atoms with Crippen molar-refractivity contribution < 1.29 is 23.7 Å². The summed E-state index contributed by atoms with van der Waals surface area (Å²) in [5.41, 5.74) is 0.220. The zero-order valence-corrected chi connectivity index (χ0v) is 14.5. The zero-order chi connectivity index (χ0) is 19.3. The SMILES string of the molecule is C=CCNC(=O)[C@@H](C)OC(=O)c1ccc(-c2ccc([N+](=O)[O-])cc2Cl)o1. The lowest BCUT2D eigenvalue weighted by Crippen LogP contribution is -2.35. The van der Waals surface area contributed by atoms with Gasteiger partial charge in [0.15, 0.2) is 6.10 Å². The number of nitro groups is 1. The molecule has 0 saturated carbocycles. The summed E-state index contributed by atoms with van der Waals surface area (Å²) in [6, 6.07) is 6.72. The molecule has 0 aliphatic carbocycles. The van der Waals surface area contributed by atoms with Crippen molar-refractivity contribution in [2.45, 2.75) is 13.0 Å². The molecule has 8 nitrogen and oxygen atoms in total. The molecule has 0 fully saturated rings. The summed E-state index contributed by atoms with van der Waals surface area (Å²) in [6.07, 6.45) is 0.484. The van der Waals surface area contributed by atoms with E-state index in [0.717, 1.165) is 0 Å². The van der Waals surface area contributed by atoms with Crippen molar-refractivity contribution in [1.29, 1.82) is 0 Å². The number of ether oxygens (including phenoxy) is 1. The number of carbonyl (C=O) groups is 2. The molecule has 0 aliphatic heterocycles. The van der Waals surface area contributed by atoms with Crippen LogP contribution in [-0.2, 0) is 9.53 Å². The summed E-state index contributed by atoms with van der Waals surface area (Å²) in [7, 11) is 0. The number of rotatable bonds is 7. The summed E-state index contributed by atoms with van der Waals surface area (Å²) >= 11 is 6.03. The maximum atomic E-state index is 12.1. The molecule has 2 rings (SSSR count). The van der Waals surface area contributed by atoms with E-state index in [-0.39, 0.29) is 28.8 Å². The highest BCUT2D eigenvalue weighted by atomic mass is 35.5. The van der Waals surface area contributed by atoms with Gasteiger partial charge in [0.05, 0.1) is 9.95 Å². The normalized spacial score (nSPS) is 11.5. The molecule has 0 radical (unpaired) electrons. The lowest BCUT2D eigenvalue weighted by atomic mass is 10.1. The lowest BCUT2D eigenvalue weighted by Gasteiger charge is -2.11. The number of non-ortho nitro benzene ring substituents is 1. The third kappa shape index (κ3) is 4.48. The van der Waals surface area contributed by atoms with Gasteiger partial charge in [0, 0.05) is 24.2 Å². The Labute approximate surface area is 153 Å². The Kier molecular flexibility index (Phi) is 6.13. The van der Waals surface area contributed by atoms with Crippen LogP contribution >= 0.6 is 11.6 Å². The number of hydrogen-bond donors (Lipinski definition) is 1. The highest BCUT2D eigenvalue weighted by Gasteiger charge is 2.22. The monoisotopic (exact) mass is 378 g/mol. The van der Waals surface area contributed by atoms with Gasteiger partial charge in [0.2, 0.25) is 5.76 Å². The fourth-order valence-corrected chi connectivity index (χ4v) is 2.27. The summed E-state index contributed by atoms with van der Waals surface area (Å²) in [4.78, 5) is 33.9. The molecule has 9 heteroatoms. The van der Waals surface area contributed by atoms with E-state index in [9.17, 15) is 19.7 Å². The summed E-state index contributed by atoms with van der Waals surface area (Å²) < 4.78 is 10.4. The second-order valence-corrected chi connectivity index (χ2v) is 5.57. The van der Waals surface area contributed by atoms with E-state index in [1.807, 2.05) is 0 Å². The van der Waals surface area contributed by atoms with Crippen molar-refractivity contribution in [1.82, 2.24) is 5.32 Å². The Balaban J connectivity index is 2.12. The highest BCUT2D eigenvalue weighted by Crippen LogP contribution is 2.32. The Bertz CT molecular complexity index is 861. The van der Waals surface area contributed by atoms with Gasteiger partial charge in [-0.3, -0.25) is 14.9 Å². The van der Waals surface area contributed by atoms with Crippen molar-refractivity contribution in [3.63, 3.8) is 0 Å². The zero-order valence-electron chi connectivity index (χ0n) is 13.7. The van der Waals surface area contributed by atoms with Crippen LogP contribution in [0.3, 0.4) is 0 Å². The van der Waals surface area contributed by atoms with Crippen LogP contribution in [0.5, 0.6) is 0 Å². The molecule has 0 aliphatic rings. The number of carbonyl (C=O) groups excluding carboxylic acids is 2. The number of nitrogens with one attached hydrogen (secondary N) is 1. The number of nitrogens with zero attached hydrogens (tertiary/aromatic N) is 1. The first-order chi connectivity index (χ1) is 12.3. The minimum atomic E-state index is -1.01. The lowest BCUT2D eigenvalue weighted by molar-refractivity contribution is -0.384. The predicted octanol–water partition coefficient (Wildman–Crippen LogP) is 3.36. The van der Waals surface area contributed by atoms with Gasteiger partial charge in [-0.2, -0.15) is 0 Å². The quantitative estimate of drug-likeness (QED) is 0.342. The molecule has 0 unspecified atom stereocenters. The number of halogens is 1. The molecule has 1 aromatic carbocycles. The second-order valence-electron chi connectivity index (χ2n) is 5.17. The molecule has 1 heterocycles. The van der Waals surface area contributed by atoms with Crippen LogP contribution in [-0.4, -0.2) is 29.4 Å². The number of amides is 1. The van der Waals surface area contributed by atoms with Crippen LogP contribution in [0.1, 0.15) is 17.5 Å². The van der Waals surface area contributed by atoms with Gasteiger partial charge in [-0.15, -0.1) is 6.58 Å². The minimum Gasteiger partial charge on any atom is -0.449 e. The first kappa shape index (κ1) is 19.2. The van der Waals surface area contributed by atoms with E-state index in [4.69, 9.17) is 20.8 Å². The van der Waals surface area contributed by atoms with Crippen LogP contribution in [0.4, 0.5) is 5.69 Å². The van der Waals surface area contributed by atoms with E-state index in [1.54, 1.807) is 0 Å². The molecule has 1 N–H and O–H groups in total. The average Bonchev–Trinajstić information content (AvgIpc) is 3.09. The van der Waals surface area contributed by atoms with Gasteiger partial charge in [-0.1, -0.05) is 17.7 Å². The molecule has 0 saturated heterocycles. The van der Waals surface area contributed by atoms with Crippen LogP contribution < -0.4 is 5.32 Å². The third-order valence-corrected chi connectivity index (χ3v) is 3.62. The van der Waals surface area contributed by atoms with Gasteiger partial charge in [-0.05, 0) is 25.1 Å². The van der Waals surface area contributed by atoms with Crippen molar-refractivity contribution in [2.75, 3.05) is 6.54 Å². The topological polar surface area (TPSA) is 112 Å². The highest BCUT2D eigenvalue weighted by molar-refractivity contribution is 6.33. The Morgan fingerprint density at radius 3 is 2.77 bits per heavy atom. The summed E-state index contributed by atoms with van der Waals surface area (Å²) in [5.74, 6) is -1.18. The van der Waals surface area contributed by atoms with E-state index in [1.165, 1.54) is 43.3 Å². The Morgan fingerprint density at radius 2 is 2.15 bits per heavy atom. The second kappa shape index (κ2) is 8.30. The molecule has 0 bridgehead atoms. The first-order valence-electron chi connectivity index (χ1n) is 7.47. The van der Waals surface area contributed by atoms with E-state index in [0.29, 0.717) is 5.56 Å². The molecule has 1 aromatic heterocycles. The molecular weight excluding hydrogens is 364 g/mol. The van der Waals surface area contributed by atoms with Crippen LogP contribution in [0.25, 0.3) is 11.3 Å². The van der Waals surface area contributed by atoms with Gasteiger partial charge < -0.3 is 14.5 Å². The largest absolute Gasteiger partial charge is 0.449 e. The molecule has 1 atom stereocenters. The van der Waals surface area contributed by atoms with Crippen molar-refractivity contribution in [3.8, 4) is 11.3 Å². The van der Waals surface area contributed by atoms with Crippen LogP contribution in [0.2, 0.25) is 5.02 Å². The molecule has 26 heavy (non-hydrogen) atoms. The molecular formula is C17H15ClN2O6. The Morgan fingerprint density at radius 1 is 1.42 bits per heavy atom. The minimum absolute atomic E-state index is 0.102. The van der Waals surface area contributed by atoms with Crippen molar-refractivity contribution >= 4 is 29.2 Å². The van der Waals surface area contributed by atoms with Crippen LogP contribution in [0, 0.1) is 10.1 Å². The number of nitro benzene ring substituents is 1. The number of furan rings is 1. The van der Waals surface area contributed by atoms with E-state index < -0.39 is 22.9 Å². The maximum Gasteiger partial charge on any atom is 0.375 e. The maximum absolute atomic E-state index is 12.1. The Hall–Kier alpha value is -3.13. The molecule has 2 aromatic rings. The van der Waals surface area contributed by atoms with Gasteiger partial charge >= 0.3 is 5.97 Å². The first-order valence-corrected chi connectivity index (χ1v) is 7.85. The van der Waals surface area contributed by atoms with Crippen LogP contribution in [0.15, 0.2) is 47.4 Å². The fraction of sp³-hybridized carbons (Fsp3) is 0.176. The van der Waals surface area contributed by atoms with Crippen molar-refractivity contribution in [3.05, 3.63) is 63.9 Å². The predicted molar refractivity (Wildman–Crippen MR) is 93.9 cm³/mol. The van der Waals surface area contributed by atoms with Gasteiger partial charge in [0.25, 0.3) is 11.6 Å².